The molecule has 0 bridgehead atoms. The summed E-state index contributed by atoms with van der Waals surface area (Å²) in [6.45, 7) is 7.67. The van der Waals surface area contributed by atoms with Crippen molar-refractivity contribution < 1.29 is 9.90 Å². The zero-order chi connectivity index (χ0) is 20.2. The minimum Gasteiger partial charge on any atom is -0.481 e. The molecule has 0 aliphatic carbocycles. The predicted octanol–water partition coefficient (Wildman–Crippen LogP) is 4.52. The zero-order valence-electron chi connectivity index (χ0n) is 15.9. The normalized spacial score (nSPS) is 16.8. The Labute approximate surface area is 171 Å². The van der Waals surface area contributed by atoms with Crippen molar-refractivity contribution in [2.45, 2.75) is 33.7 Å². The third-order valence-corrected chi connectivity index (χ3v) is 6.61. The molecule has 2 aromatic heterocycles. The Bertz CT molecular complexity index is 1110. The fourth-order valence-electron chi connectivity index (χ4n) is 3.43. The maximum atomic E-state index is 11.8. The van der Waals surface area contributed by atoms with Crippen molar-refractivity contribution >= 4 is 34.6 Å². The Kier molecular flexibility index (Phi) is 4.59. The highest BCUT2D eigenvalue weighted by Gasteiger charge is 2.36. The number of aromatic nitrogens is 3. The van der Waals surface area contributed by atoms with Gasteiger partial charge in [-0.3, -0.25) is 14.4 Å². The first-order valence-electron chi connectivity index (χ1n) is 8.88. The van der Waals surface area contributed by atoms with Gasteiger partial charge in [0.15, 0.2) is 5.82 Å². The van der Waals surface area contributed by atoms with Gasteiger partial charge in [-0.1, -0.05) is 23.7 Å². The molecule has 6 nitrogen and oxygen atoms in total. The van der Waals surface area contributed by atoms with Gasteiger partial charge in [0, 0.05) is 21.0 Å². The molecular weight excluding hydrogens is 396 g/mol. The van der Waals surface area contributed by atoms with E-state index in [9.17, 15) is 9.90 Å². The number of thiophene rings is 1. The Morgan fingerprint density at radius 1 is 1.21 bits per heavy atom. The van der Waals surface area contributed by atoms with E-state index in [-0.39, 0.29) is 0 Å². The van der Waals surface area contributed by atoms with E-state index in [0.717, 1.165) is 27.4 Å². The second-order valence-corrected chi connectivity index (χ2v) is 8.60. The number of fused-ring (bicyclic) bond motifs is 3. The molecule has 0 saturated carbocycles. The third-order valence-electron chi connectivity index (χ3n) is 5.17. The van der Waals surface area contributed by atoms with Crippen LogP contribution in [0.4, 0.5) is 0 Å². The van der Waals surface area contributed by atoms with Gasteiger partial charge in [-0.05, 0) is 45.4 Å². The van der Waals surface area contributed by atoms with E-state index in [2.05, 4.69) is 24.0 Å². The first kappa shape index (κ1) is 18.8. The van der Waals surface area contributed by atoms with Gasteiger partial charge in [0.1, 0.15) is 16.9 Å². The number of aliphatic carboxylic acids is 1. The van der Waals surface area contributed by atoms with Crippen molar-refractivity contribution in [2.75, 3.05) is 0 Å². The molecule has 3 heterocycles. The van der Waals surface area contributed by atoms with Crippen LogP contribution >= 0.6 is 22.9 Å². The number of carbonyl (C=O) groups is 1. The highest BCUT2D eigenvalue weighted by molar-refractivity contribution is 7.15. The average molecular weight is 415 g/mol. The van der Waals surface area contributed by atoms with Crippen LogP contribution in [0.1, 0.15) is 46.2 Å². The number of benzene rings is 1. The number of halogens is 1. The molecular formula is C20H19ClN4O2S. The van der Waals surface area contributed by atoms with E-state index >= 15 is 0 Å². The maximum absolute atomic E-state index is 11.8. The first-order chi connectivity index (χ1) is 13.3. The molecule has 1 aromatic carbocycles. The van der Waals surface area contributed by atoms with Crippen LogP contribution < -0.4 is 0 Å². The minimum absolute atomic E-state index is 0.555. The Morgan fingerprint density at radius 2 is 1.89 bits per heavy atom. The van der Waals surface area contributed by atoms with Crippen molar-refractivity contribution in [3.8, 4) is 5.00 Å². The Hall–Kier alpha value is -2.51. The van der Waals surface area contributed by atoms with Crippen LogP contribution in [0.5, 0.6) is 0 Å². The monoisotopic (exact) mass is 414 g/mol. The summed E-state index contributed by atoms with van der Waals surface area (Å²) in [6, 6.07) is 6.82. The highest BCUT2D eigenvalue weighted by Crippen LogP contribution is 2.40. The lowest BCUT2D eigenvalue weighted by Gasteiger charge is -2.16. The second kappa shape index (κ2) is 6.83. The van der Waals surface area contributed by atoms with E-state index in [1.54, 1.807) is 18.3 Å². The minimum atomic E-state index is -0.922. The molecule has 144 valence electrons. The van der Waals surface area contributed by atoms with Crippen molar-refractivity contribution in [2.24, 2.45) is 10.9 Å². The summed E-state index contributed by atoms with van der Waals surface area (Å²) in [6.07, 6.45) is 0. The van der Waals surface area contributed by atoms with Gasteiger partial charge < -0.3 is 5.11 Å². The fraction of sp³-hybridized carbons (Fsp3) is 0.300. The quantitative estimate of drug-likeness (QED) is 0.683. The van der Waals surface area contributed by atoms with E-state index in [0.29, 0.717) is 16.7 Å². The van der Waals surface area contributed by atoms with E-state index < -0.39 is 17.9 Å². The lowest BCUT2D eigenvalue weighted by atomic mass is 9.98. The molecule has 1 unspecified atom stereocenters. The highest BCUT2D eigenvalue weighted by atomic mass is 35.5. The van der Waals surface area contributed by atoms with Crippen LogP contribution in [0.25, 0.3) is 5.00 Å². The van der Waals surface area contributed by atoms with Crippen molar-refractivity contribution in [1.29, 1.82) is 0 Å². The number of rotatable bonds is 3. The van der Waals surface area contributed by atoms with Crippen LogP contribution in [-0.4, -0.2) is 31.6 Å². The summed E-state index contributed by atoms with van der Waals surface area (Å²) in [4.78, 5) is 17.9. The van der Waals surface area contributed by atoms with E-state index in [4.69, 9.17) is 16.6 Å². The van der Waals surface area contributed by atoms with Crippen LogP contribution in [0.2, 0.25) is 5.02 Å². The van der Waals surface area contributed by atoms with Crippen LogP contribution in [0, 0.1) is 26.7 Å². The second-order valence-electron chi connectivity index (χ2n) is 6.96. The maximum Gasteiger partial charge on any atom is 0.308 e. The standard InChI is InChI=1S/C20H19ClN4O2S/c1-9-11(3)28-19-15(9)17(13-5-7-14(21)8-6-13)22-16(10(2)20(26)27)18-24-23-12(4)25(18)19/h5-8,10,16H,1-4H3,(H,26,27)/t10-,16?/m0/s1. The van der Waals surface area contributed by atoms with E-state index in [1.165, 1.54) is 4.88 Å². The topological polar surface area (TPSA) is 80.4 Å². The molecule has 2 atom stereocenters. The summed E-state index contributed by atoms with van der Waals surface area (Å²) < 4.78 is 1.95. The molecule has 0 saturated heterocycles. The molecule has 1 N–H and O–H groups in total. The smallest absolute Gasteiger partial charge is 0.308 e. The first-order valence-corrected chi connectivity index (χ1v) is 10.1. The SMILES string of the molecule is Cc1sc2c(c1C)C(c1ccc(Cl)cc1)=NC([C@H](C)C(=O)O)c1nnc(C)n1-2. The molecule has 4 rings (SSSR count). The number of hydrogen-bond acceptors (Lipinski definition) is 5. The predicted molar refractivity (Wildman–Crippen MR) is 110 cm³/mol. The Morgan fingerprint density at radius 3 is 2.54 bits per heavy atom. The molecule has 8 heteroatoms. The molecule has 0 radical (unpaired) electrons. The van der Waals surface area contributed by atoms with Crippen molar-refractivity contribution in [3.05, 3.63) is 62.5 Å². The fourth-order valence-corrected chi connectivity index (χ4v) is 4.76. The van der Waals surface area contributed by atoms with Crippen LogP contribution in [0.15, 0.2) is 29.3 Å². The summed E-state index contributed by atoms with van der Waals surface area (Å²) >= 11 is 7.72. The summed E-state index contributed by atoms with van der Waals surface area (Å²) in [5.74, 6) is -0.402. The van der Waals surface area contributed by atoms with Gasteiger partial charge in [-0.25, -0.2) is 0 Å². The van der Waals surface area contributed by atoms with Crippen molar-refractivity contribution in [1.82, 2.24) is 14.8 Å². The average Bonchev–Trinajstić information content (AvgIpc) is 3.12. The van der Waals surface area contributed by atoms with Gasteiger partial charge in [-0.15, -0.1) is 21.5 Å². The number of nitrogens with zero attached hydrogens (tertiary/aromatic N) is 4. The van der Waals surface area contributed by atoms with Gasteiger partial charge in [0.2, 0.25) is 0 Å². The number of aryl methyl sites for hydroxylation is 2. The molecule has 28 heavy (non-hydrogen) atoms. The molecule has 1 aliphatic heterocycles. The molecule has 0 fully saturated rings. The largest absolute Gasteiger partial charge is 0.481 e. The number of carboxylic acids is 1. The molecule has 0 amide bonds. The van der Waals surface area contributed by atoms with Gasteiger partial charge in [-0.2, -0.15) is 0 Å². The van der Waals surface area contributed by atoms with Gasteiger partial charge in [0.05, 0.1) is 11.6 Å². The zero-order valence-corrected chi connectivity index (χ0v) is 17.5. The lowest BCUT2D eigenvalue weighted by molar-refractivity contribution is -0.141. The number of aliphatic imine (C=N–C) groups is 1. The van der Waals surface area contributed by atoms with Crippen LogP contribution in [0.3, 0.4) is 0 Å². The van der Waals surface area contributed by atoms with E-state index in [1.807, 2.05) is 35.8 Å². The molecule has 1 aliphatic rings. The Balaban J connectivity index is 2.06. The lowest BCUT2D eigenvalue weighted by Crippen LogP contribution is -2.21. The third kappa shape index (κ3) is 2.86. The van der Waals surface area contributed by atoms with Crippen molar-refractivity contribution in [3.63, 3.8) is 0 Å². The van der Waals surface area contributed by atoms with Crippen LogP contribution in [-0.2, 0) is 4.79 Å². The molecule has 0 spiro atoms. The summed E-state index contributed by atoms with van der Waals surface area (Å²) in [7, 11) is 0. The summed E-state index contributed by atoms with van der Waals surface area (Å²) in [5.41, 5.74) is 3.77. The summed E-state index contributed by atoms with van der Waals surface area (Å²) in [5, 5.41) is 19.8. The van der Waals surface area contributed by atoms with Gasteiger partial charge in [0.25, 0.3) is 0 Å². The van der Waals surface area contributed by atoms with Gasteiger partial charge >= 0.3 is 5.97 Å². The number of carboxylic acid groups (broad SMARTS) is 1. The number of hydrogen-bond donors (Lipinski definition) is 1. The molecule has 3 aromatic rings.